The fraction of sp³-hybridized carbons (Fsp3) is 0.222. The highest BCUT2D eigenvalue weighted by atomic mass is 14.7. The molecule has 2 rings (SSSR count). The summed E-state index contributed by atoms with van der Waals surface area (Å²) in [6.07, 6.45) is 2.91. The highest BCUT2D eigenvalue weighted by Gasteiger charge is 2.04. The van der Waals surface area contributed by atoms with Crippen LogP contribution in [0, 0.1) is 0 Å². The van der Waals surface area contributed by atoms with E-state index in [0.29, 0.717) is 0 Å². The van der Waals surface area contributed by atoms with Gasteiger partial charge in [-0.25, -0.2) is 0 Å². The molecule has 0 fully saturated rings. The molecule has 1 heterocycles. The molecule has 2 N–H and O–H groups in total. The van der Waals surface area contributed by atoms with Crippen molar-refractivity contribution in [2.75, 3.05) is 5.73 Å². The van der Waals surface area contributed by atoms with Crippen LogP contribution in [0.15, 0.2) is 23.2 Å². The first-order valence-electron chi connectivity index (χ1n) is 3.72. The van der Waals surface area contributed by atoms with Crippen LogP contribution in [0.25, 0.3) is 0 Å². The van der Waals surface area contributed by atoms with Gasteiger partial charge in [-0.1, -0.05) is 6.07 Å². The van der Waals surface area contributed by atoms with E-state index in [4.69, 9.17) is 5.73 Å². The van der Waals surface area contributed by atoms with E-state index in [1.807, 2.05) is 18.3 Å². The van der Waals surface area contributed by atoms with Gasteiger partial charge in [0.05, 0.1) is 6.54 Å². The molecule has 1 aromatic rings. The Bertz CT molecular complexity index is 302. The van der Waals surface area contributed by atoms with Gasteiger partial charge in [0.1, 0.15) is 0 Å². The molecular weight excluding hydrogens is 136 g/mol. The Morgan fingerprint density at radius 2 is 2.18 bits per heavy atom. The van der Waals surface area contributed by atoms with Gasteiger partial charge in [0, 0.05) is 18.3 Å². The van der Waals surface area contributed by atoms with E-state index in [1.54, 1.807) is 0 Å². The molecule has 0 radical (unpaired) electrons. The van der Waals surface area contributed by atoms with E-state index in [2.05, 4.69) is 11.1 Å². The normalized spacial score (nSPS) is 14.5. The molecule has 0 bridgehead atoms. The minimum atomic E-state index is 0.792. The van der Waals surface area contributed by atoms with E-state index in [0.717, 1.165) is 18.7 Å². The van der Waals surface area contributed by atoms with Gasteiger partial charge < -0.3 is 5.73 Å². The number of hydrogen-bond donors (Lipinski definition) is 1. The molecule has 0 unspecified atom stereocenters. The number of anilines is 1. The maximum absolute atomic E-state index is 5.63. The van der Waals surface area contributed by atoms with Crippen LogP contribution in [-0.2, 0) is 13.0 Å². The lowest BCUT2D eigenvalue weighted by atomic mass is 10.0. The molecule has 0 spiro atoms. The molecule has 0 aliphatic carbocycles. The number of nitrogens with zero attached hydrogens (tertiary/aromatic N) is 1. The Labute approximate surface area is 65.8 Å². The third kappa shape index (κ3) is 1.11. The lowest BCUT2D eigenvalue weighted by molar-refractivity contribution is 1.01. The molecule has 0 saturated heterocycles. The average Bonchev–Trinajstić information content (AvgIpc) is 2.04. The van der Waals surface area contributed by atoms with Crippen LogP contribution in [0.1, 0.15) is 11.1 Å². The summed E-state index contributed by atoms with van der Waals surface area (Å²) in [6.45, 7) is 0.792. The number of aliphatic imine (C=N–C) groups is 1. The van der Waals surface area contributed by atoms with Crippen LogP contribution in [0.3, 0.4) is 0 Å². The molecule has 11 heavy (non-hydrogen) atoms. The van der Waals surface area contributed by atoms with Crippen molar-refractivity contribution in [3.8, 4) is 0 Å². The summed E-state index contributed by atoms with van der Waals surface area (Å²) in [7, 11) is 0. The first-order chi connectivity index (χ1) is 5.36. The van der Waals surface area contributed by atoms with E-state index < -0.39 is 0 Å². The van der Waals surface area contributed by atoms with Gasteiger partial charge in [0.15, 0.2) is 0 Å². The zero-order chi connectivity index (χ0) is 7.68. The quantitative estimate of drug-likeness (QED) is 0.552. The predicted molar refractivity (Wildman–Crippen MR) is 46.8 cm³/mol. The Morgan fingerprint density at radius 1 is 1.27 bits per heavy atom. The Morgan fingerprint density at radius 3 is 3.09 bits per heavy atom. The third-order valence-electron chi connectivity index (χ3n) is 1.93. The minimum absolute atomic E-state index is 0.792. The van der Waals surface area contributed by atoms with Crippen molar-refractivity contribution < 1.29 is 0 Å². The summed E-state index contributed by atoms with van der Waals surface area (Å²) in [5.41, 5.74) is 9.09. The van der Waals surface area contributed by atoms with Gasteiger partial charge in [-0.05, 0) is 23.3 Å². The second-order valence-electron chi connectivity index (χ2n) is 2.76. The van der Waals surface area contributed by atoms with E-state index in [-0.39, 0.29) is 0 Å². The number of nitrogen functional groups attached to an aromatic ring is 1. The van der Waals surface area contributed by atoms with Crippen molar-refractivity contribution in [3.63, 3.8) is 0 Å². The summed E-state index contributed by atoms with van der Waals surface area (Å²) in [4.78, 5) is 4.18. The van der Waals surface area contributed by atoms with Crippen molar-refractivity contribution in [1.29, 1.82) is 0 Å². The first kappa shape index (κ1) is 6.40. The zero-order valence-corrected chi connectivity index (χ0v) is 6.25. The van der Waals surface area contributed by atoms with Crippen LogP contribution in [-0.4, -0.2) is 6.21 Å². The Kier molecular flexibility index (Phi) is 1.39. The second kappa shape index (κ2) is 2.38. The maximum Gasteiger partial charge on any atom is 0.0639 e. The fourth-order valence-electron chi connectivity index (χ4n) is 1.32. The highest BCUT2D eigenvalue weighted by Crippen LogP contribution is 2.17. The molecule has 1 aliphatic rings. The SMILES string of the molecule is Nc1ccc2c(c1)CN=CC2. The first-order valence-corrected chi connectivity index (χ1v) is 3.72. The summed E-state index contributed by atoms with van der Waals surface area (Å²) >= 11 is 0. The number of hydrogen-bond acceptors (Lipinski definition) is 2. The van der Waals surface area contributed by atoms with Gasteiger partial charge in [-0.3, -0.25) is 4.99 Å². The number of benzene rings is 1. The topological polar surface area (TPSA) is 38.4 Å². The molecule has 0 atom stereocenters. The van der Waals surface area contributed by atoms with Crippen LogP contribution >= 0.6 is 0 Å². The van der Waals surface area contributed by atoms with Gasteiger partial charge in [0.2, 0.25) is 0 Å². The summed E-state index contributed by atoms with van der Waals surface area (Å²) in [5.74, 6) is 0. The van der Waals surface area contributed by atoms with Crippen molar-refractivity contribution in [1.82, 2.24) is 0 Å². The Hall–Kier alpha value is -1.31. The van der Waals surface area contributed by atoms with E-state index in [9.17, 15) is 0 Å². The largest absolute Gasteiger partial charge is 0.399 e. The molecule has 2 heteroatoms. The third-order valence-corrected chi connectivity index (χ3v) is 1.93. The van der Waals surface area contributed by atoms with Gasteiger partial charge in [-0.2, -0.15) is 0 Å². The fourth-order valence-corrected chi connectivity index (χ4v) is 1.32. The van der Waals surface area contributed by atoms with Crippen molar-refractivity contribution in [3.05, 3.63) is 29.3 Å². The van der Waals surface area contributed by atoms with E-state index in [1.165, 1.54) is 11.1 Å². The predicted octanol–water partition coefficient (Wildman–Crippen LogP) is 1.40. The average molecular weight is 146 g/mol. The van der Waals surface area contributed by atoms with Gasteiger partial charge in [-0.15, -0.1) is 0 Å². The second-order valence-corrected chi connectivity index (χ2v) is 2.76. The molecule has 0 aromatic heterocycles. The van der Waals surface area contributed by atoms with Crippen molar-refractivity contribution >= 4 is 11.9 Å². The van der Waals surface area contributed by atoms with Crippen LogP contribution in [0.5, 0.6) is 0 Å². The molecule has 1 aromatic carbocycles. The number of rotatable bonds is 0. The van der Waals surface area contributed by atoms with Gasteiger partial charge >= 0.3 is 0 Å². The van der Waals surface area contributed by atoms with Crippen LogP contribution in [0.4, 0.5) is 5.69 Å². The zero-order valence-electron chi connectivity index (χ0n) is 6.25. The molecule has 0 saturated carbocycles. The van der Waals surface area contributed by atoms with Gasteiger partial charge in [0.25, 0.3) is 0 Å². The summed E-state index contributed by atoms with van der Waals surface area (Å²) in [6, 6.07) is 6.03. The van der Waals surface area contributed by atoms with Crippen molar-refractivity contribution in [2.24, 2.45) is 4.99 Å². The maximum atomic E-state index is 5.63. The van der Waals surface area contributed by atoms with Crippen LogP contribution < -0.4 is 5.73 Å². The molecule has 56 valence electrons. The Balaban J connectivity index is 2.48. The lowest BCUT2D eigenvalue weighted by Gasteiger charge is -2.09. The van der Waals surface area contributed by atoms with E-state index >= 15 is 0 Å². The standard InChI is InChI=1S/C9H10N2/c10-9-2-1-7-3-4-11-6-8(7)5-9/h1-2,4-5H,3,6,10H2. The smallest absolute Gasteiger partial charge is 0.0639 e. The number of nitrogens with two attached hydrogens (primary N) is 1. The summed E-state index contributed by atoms with van der Waals surface area (Å²) < 4.78 is 0. The minimum Gasteiger partial charge on any atom is -0.399 e. The monoisotopic (exact) mass is 146 g/mol. The number of fused-ring (bicyclic) bond motifs is 1. The molecule has 0 amide bonds. The highest BCUT2D eigenvalue weighted by molar-refractivity contribution is 5.65. The van der Waals surface area contributed by atoms with Crippen molar-refractivity contribution in [2.45, 2.75) is 13.0 Å². The molecule has 1 aliphatic heterocycles. The van der Waals surface area contributed by atoms with Crippen LogP contribution in [0.2, 0.25) is 0 Å². The summed E-state index contributed by atoms with van der Waals surface area (Å²) in [5, 5.41) is 0. The lowest BCUT2D eigenvalue weighted by Crippen LogP contribution is -2.01. The molecular formula is C9H10N2. The molecule has 2 nitrogen and oxygen atoms in total.